The van der Waals surface area contributed by atoms with Crippen LogP contribution in [0.4, 0.5) is 0 Å². The molecular formula is C11H25NO2. The zero-order chi connectivity index (χ0) is 11.4. The standard InChI is InChI=1S/C5H10O.C4H9NO.C2H6/c1-6-5-3-2-4-5;1-4(3-6)5-2;1-2/h5H,2-4H2,1H3;3-5H,1-2H3;1-2H3. The monoisotopic (exact) mass is 203 g/mol. The molecule has 3 nitrogen and oxygen atoms in total. The van der Waals surface area contributed by atoms with Crippen LogP contribution in [0.3, 0.4) is 0 Å². The number of rotatable bonds is 3. The normalized spacial score (nSPS) is 16.4. The first kappa shape index (κ1) is 16.0. The molecule has 1 fully saturated rings. The molecule has 0 spiro atoms. The van der Waals surface area contributed by atoms with Gasteiger partial charge in [-0.1, -0.05) is 13.8 Å². The highest BCUT2D eigenvalue weighted by Crippen LogP contribution is 2.20. The molecule has 1 aliphatic rings. The lowest BCUT2D eigenvalue weighted by Gasteiger charge is -2.22. The Kier molecular flexibility index (Phi) is 14.4. The van der Waals surface area contributed by atoms with E-state index in [0.717, 1.165) is 6.29 Å². The highest BCUT2D eigenvalue weighted by molar-refractivity contribution is 5.56. The lowest BCUT2D eigenvalue weighted by atomic mass is 9.96. The van der Waals surface area contributed by atoms with Crippen molar-refractivity contribution in [1.29, 1.82) is 0 Å². The molecule has 0 aromatic heterocycles. The number of aldehydes is 1. The van der Waals surface area contributed by atoms with Crippen LogP contribution in [0.25, 0.3) is 0 Å². The molecule has 0 aromatic carbocycles. The predicted molar refractivity (Wildman–Crippen MR) is 60.6 cm³/mol. The summed E-state index contributed by atoms with van der Waals surface area (Å²) in [5, 5.41) is 2.75. The minimum Gasteiger partial charge on any atom is -0.381 e. The third-order valence-electron chi connectivity index (χ3n) is 2.04. The number of likely N-dealkylation sites (N-methyl/N-ethyl adjacent to an activating group) is 1. The number of hydrogen-bond donors (Lipinski definition) is 1. The summed E-state index contributed by atoms with van der Waals surface area (Å²) in [4.78, 5) is 9.67. The highest BCUT2D eigenvalue weighted by Gasteiger charge is 2.14. The summed E-state index contributed by atoms with van der Waals surface area (Å²) in [6, 6.07) is 0.00463. The topological polar surface area (TPSA) is 38.3 Å². The average molecular weight is 203 g/mol. The Labute approximate surface area is 88.2 Å². The summed E-state index contributed by atoms with van der Waals surface area (Å²) in [5.41, 5.74) is 0. The quantitative estimate of drug-likeness (QED) is 0.713. The van der Waals surface area contributed by atoms with Crippen LogP contribution in [0, 0.1) is 0 Å². The second-order valence-electron chi connectivity index (χ2n) is 3.00. The van der Waals surface area contributed by atoms with E-state index in [2.05, 4.69) is 5.32 Å². The fraction of sp³-hybridized carbons (Fsp3) is 0.909. The van der Waals surface area contributed by atoms with Gasteiger partial charge in [0.2, 0.25) is 0 Å². The Morgan fingerprint density at radius 3 is 1.93 bits per heavy atom. The predicted octanol–water partition coefficient (Wildman–Crippen LogP) is 2.00. The second kappa shape index (κ2) is 12.6. The van der Waals surface area contributed by atoms with Crippen molar-refractivity contribution in [2.45, 2.75) is 52.2 Å². The Morgan fingerprint density at radius 2 is 1.93 bits per heavy atom. The number of carbonyl (C=O) groups excluding carboxylic acids is 1. The van der Waals surface area contributed by atoms with E-state index in [1.807, 2.05) is 13.8 Å². The van der Waals surface area contributed by atoms with Gasteiger partial charge in [0.15, 0.2) is 0 Å². The van der Waals surface area contributed by atoms with Crippen LogP contribution in [0.5, 0.6) is 0 Å². The van der Waals surface area contributed by atoms with Crippen molar-refractivity contribution in [3.05, 3.63) is 0 Å². The van der Waals surface area contributed by atoms with E-state index in [1.54, 1.807) is 21.1 Å². The number of carbonyl (C=O) groups is 1. The van der Waals surface area contributed by atoms with Crippen LogP contribution in [0.1, 0.15) is 40.0 Å². The van der Waals surface area contributed by atoms with Crippen LogP contribution in [-0.2, 0) is 9.53 Å². The maximum Gasteiger partial charge on any atom is 0.136 e. The van der Waals surface area contributed by atoms with E-state index in [4.69, 9.17) is 4.74 Å². The molecule has 1 rings (SSSR count). The first-order valence-corrected chi connectivity index (χ1v) is 5.40. The van der Waals surface area contributed by atoms with Gasteiger partial charge in [0.1, 0.15) is 6.29 Å². The summed E-state index contributed by atoms with van der Waals surface area (Å²) in [6.45, 7) is 5.80. The zero-order valence-corrected chi connectivity index (χ0v) is 10.2. The largest absolute Gasteiger partial charge is 0.381 e. The number of ether oxygens (including phenoxy) is 1. The SMILES string of the molecule is CC.CNC(C)C=O.COC1CCC1. The van der Waals surface area contributed by atoms with Crippen LogP contribution in [0.2, 0.25) is 0 Å². The molecular weight excluding hydrogens is 178 g/mol. The third-order valence-corrected chi connectivity index (χ3v) is 2.04. The first-order chi connectivity index (χ1) is 6.74. The maximum atomic E-state index is 9.67. The van der Waals surface area contributed by atoms with Gasteiger partial charge < -0.3 is 14.8 Å². The number of methoxy groups -OCH3 is 1. The van der Waals surface area contributed by atoms with E-state index in [0.29, 0.717) is 6.10 Å². The minimum atomic E-state index is 0.00463. The van der Waals surface area contributed by atoms with Crippen LogP contribution in [-0.4, -0.2) is 32.6 Å². The molecule has 86 valence electrons. The van der Waals surface area contributed by atoms with Gasteiger partial charge in [0.25, 0.3) is 0 Å². The van der Waals surface area contributed by atoms with Crippen molar-refractivity contribution in [1.82, 2.24) is 5.32 Å². The van der Waals surface area contributed by atoms with Crippen molar-refractivity contribution in [2.24, 2.45) is 0 Å². The highest BCUT2D eigenvalue weighted by atomic mass is 16.5. The molecule has 0 aliphatic heterocycles. The minimum absolute atomic E-state index is 0.00463. The van der Waals surface area contributed by atoms with Crippen LogP contribution >= 0.6 is 0 Å². The van der Waals surface area contributed by atoms with Gasteiger partial charge in [-0.2, -0.15) is 0 Å². The molecule has 0 aromatic rings. The van der Waals surface area contributed by atoms with Crippen molar-refractivity contribution >= 4 is 6.29 Å². The average Bonchev–Trinajstić information content (AvgIpc) is 2.19. The summed E-state index contributed by atoms with van der Waals surface area (Å²) >= 11 is 0. The van der Waals surface area contributed by atoms with E-state index in [1.165, 1.54) is 19.3 Å². The molecule has 0 heterocycles. The molecule has 0 bridgehead atoms. The molecule has 0 radical (unpaired) electrons. The van der Waals surface area contributed by atoms with Gasteiger partial charge in [0, 0.05) is 7.11 Å². The molecule has 0 saturated heterocycles. The smallest absolute Gasteiger partial charge is 0.136 e. The van der Waals surface area contributed by atoms with Crippen LogP contribution in [0.15, 0.2) is 0 Å². The van der Waals surface area contributed by atoms with Gasteiger partial charge in [-0.25, -0.2) is 0 Å². The second-order valence-corrected chi connectivity index (χ2v) is 3.00. The Hall–Kier alpha value is -0.410. The van der Waals surface area contributed by atoms with Gasteiger partial charge in [-0.15, -0.1) is 0 Å². The Morgan fingerprint density at radius 1 is 1.43 bits per heavy atom. The summed E-state index contributed by atoms with van der Waals surface area (Å²) in [6.07, 6.45) is 5.43. The van der Waals surface area contributed by atoms with E-state index in [-0.39, 0.29) is 6.04 Å². The van der Waals surface area contributed by atoms with E-state index >= 15 is 0 Å². The van der Waals surface area contributed by atoms with Crippen molar-refractivity contribution in [2.75, 3.05) is 14.2 Å². The van der Waals surface area contributed by atoms with E-state index in [9.17, 15) is 4.79 Å². The van der Waals surface area contributed by atoms with Crippen LogP contribution < -0.4 is 5.32 Å². The number of nitrogens with one attached hydrogen (secondary N) is 1. The summed E-state index contributed by atoms with van der Waals surface area (Å²) < 4.78 is 4.99. The molecule has 0 amide bonds. The first-order valence-electron chi connectivity index (χ1n) is 5.40. The molecule has 1 unspecified atom stereocenters. The molecule has 14 heavy (non-hydrogen) atoms. The third kappa shape index (κ3) is 9.68. The molecule has 3 heteroatoms. The lowest BCUT2D eigenvalue weighted by Crippen LogP contribution is -2.21. The van der Waals surface area contributed by atoms with Crippen molar-refractivity contribution in [3.8, 4) is 0 Å². The fourth-order valence-electron chi connectivity index (χ4n) is 0.675. The van der Waals surface area contributed by atoms with Gasteiger partial charge in [0.05, 0.1) is 12.1 Å². The molecule has 1 aliphatic carbocycles. The molecule has 1 atom stereocenters. The summed E-state index contributed by atoms with van der Waals surface area (Å²) in [7, 11) is 3.53. The summed E-state index contributed by atoms with van der Waals surface area (Å²) in [5.74, 6) is 0. The van der Waals surface area contributed by atoms with Crippen molar-refractivity contribution < 1.29 is 9.53 Å². The molecule has 1 saturated carbocycles. The van der Waals surface area contributed by atoms with Gasteiger partial charge >= 0.3 is 0 Å². The number of hydrogen-bond acceptors (Lipinski definition) is 3. The van der Waals surface area contributed by atoms with Gasteiger partial charge in [-0.05, 0) is 33.2 Å². The maximum absolute atomic E-state index is 9.67. The van der Waals surface area contributed by atoms with Gasteiger partial charge in [-0.3, -0.25) is 0 Å². The Bertz CT molecular complexity index is 111. The Balaban J connectivity index is 0. The lowest BCUT2D eigenvalue weighted by molar-refractivity contribution is -0.109. The molecule has 1 N–H and O–H groups in total. The van der Waals surface area contributed by atoms with E-state index < -0.39 is 0 Å². The fourth-order valence-corrected chi connectivity index (χ4v) is 0.675. The zero-order valence-electron chi connectivity index (χ0n) is 10.2. The van der Waals surface area contributed by atoms with Crippen molar-refractivity contribution in [3.63, 3.8) is 0 Å².